The van der Waals surface area contributed by atoms with Gasteiger partial charge in [-0.1, -0.05) is 0 Å². The summed E-state index contributed by atoms with van der Waals surface area (Å²) in [5.74, 6) is 0.120. The SMILES string of the molecule is Cc1ncsc1C(=O)N1CCNC(C)(C)C1.Cl. The van der Waals surface area contributed by atoms with Gasteiger partial charge in [0.25, 0.3) is 5.91 Å². The van der Waals surface area contributed by atoms with Crippen LogP contribution in [-0.2, 0) is 0 Å². The smallest absolute Gasteiger partial charge is 0.265 e. The van der Waals surface area contributed by atoms with E-state index in [4.69, 9.17) is 0 Å². The number of aromatic nitrogens is 1. The van der Waals surface area contributed by atoms with E-state index >= 15 is 0 Å². The summed E-state index contributed by atoms with van der Waals surface area (Å²) in [5, 5.41) is 3.40. The summed E-state index contributed by atoms with van der Waals surface area (Å²) in [6.07, 6.45) is 0. The molecule has 0 aliphatic carbocycles. The number of nitrogens with one attached hydrogen (secondary N) is 1. The van der Waals surface area contributed by atoms with Crippen LogP contribution in [0.25, 0.3) is 0 Å². The molecule has 2 heterocycles. The van der Waals surface area contributed by atoms with Gasteiger partial charge in [-0.15, -0.1) is 23.7 Å². The second-order valence-electron chi connectivity index (χ2n) is 4.80. The fourth-order valence-electron chi connectivity index (χ4n) is 1.97. The van der Waals surface area contributed by atoms with E-state index in [1.807, 2.05) is 11.8 Å². The zero-order valence-electron chi connectivity index (χ0n) is 10.3. The topological polar surface area (TPSA) is 45.2 Å². The molecule has 0 bridgehead atoms. The molecule has 1 N–H and O–H groups in total. The molecule has 0 unspecified atom stereocenters. The Morgan fingerprint density at radius 3 is 2.82 bits per heavy atom. The van der Waals surface area contributed by atoms with Gasteiger partial charge in [0.05, 0.1) is 11.2 Å². The van der Waals surface area contributed by atoms with Crippen molar-refractivity contribution in [2.75, 3.05) is 19.6 Å². The van der Waals surface area contributed by atoms with Crippen molar-refractivity contribution in [2.45, 2.75) is 26.3 Å². The van der Waals surface area contributed by atoms with E-state index < -0.39 is 0 Å². The van der Waals surface area contributed by atoms with Crippen LogP contribution in [0.2, 0.25) is 0 Å². The van der Waals surface area contributed by atoms with Crippen molar-refractivity contribution in [3.63, 3.8) is 0 Å². The maximum atomic E-state index is 12.2. The number of nitrogens with zero attached hydrogens (tertiary/aromatic N) is 2. The van der Waals surface area contributed by atoms with E-state index in [1.165, 1.54) is 11.3 Å². The van der Waals surface area contributed by atoms with Gasteiger partial charge >= 0.3 is 0 Å². The number of thiazole rings is 1. The molecule has 17 heavy (non-hydrogen) atoms. The van der Waals surface area contributed by atoms with Crippen LogP contribution in [-0.4, -0.2) is 41.0 Å². The van der Waals surface area contributed by atoms with Crippen LogP contribution >= 0.6 is 23.7 Å². The highest BCUT2D eigenvalue weighted by molar-refractivity contribution is 7.11. The summed E-state index contributed by atoms with van der Waals surface area (Å²) < 4.78 is 0. The molecule has 2 rings (SSSR count). The molecule has 1 fully saturated rings. The molecule has 1 amide bonds. The van der Waals surface area contributed by atoms with Crippen molar-refractivity contribution in [3.05, 3.63) is 16.1 Å². The fourth-order valence-corrected chi connectivity index (χ4v) is 2.73. The van der Waals surface area contributed by atoms with Crippen LogP contribution in [0.5, 0.6) is 0 Å². The minimum atomic E-state index is 0. The molecular formula is C11H18ClN3OS. The first kappa shape index (κ1) is 14.4. The van der Waals surface area contributed by atoms with Crippen LogP contribution in [0, 0.1) is 6.92 Å². The van der Waals surface area contributed by atoms with Crippen LogP contribution in [0.15, 0.2) is 5.51 Å². The Labute approximate surface area is 112 Å². The summed E-state index contributed by atoms with van der Waals surface area (Å²) in [6, 6.07) is 0. The molecule has 6 heteroatoms. The van der Waals surface area contributed by atoms with Gasteiger partial charge in [-0.25, -0.2) is 4.98 Å². The molecule has 0 aromatic carbocycles. The van der Waals surface area contributed by atoms with Gasteiger partial charge < -0.3 is 10.2 Å². The van der Waals surface area contributed by atoms with Crippen molar-refractivity contribution in [1.82, 2.24) is 15.2 Å². The number of aryl methyl sites for hydroxylation is 1. The zero-order chi connectivity index (χ0) is 11.8. The average Bonchev–Trinajstić information content (AvgIpc) is 2.62. The molecule has 1 saturated heterocycles. The van der Waals surface area contributed by atoms with Crippen molar-refractivity contribution in [2.24, 2.45) is 0 Å². The summed E-state index contributed by atoms with van der Waals surface area (Å²) in [4.78, 5) is 19.1. The van der Waals surface area contributed by atoms with Gasteiger partial charge in [-0.3, -0.25) is 4.79 Å². The minimum absolute atomic E-state index is 0. The van der Waals surface area contributed by atoms with Gasteiger partial charge in [0.2, 0.25) is 0 Å². The Kier molecular flexibility index (Phi) is 4.52. The van der Waals surface area contributed by atoms with E-state index in [9.17, 15) is 4.79 Å². The number of piperazine rings is 1. The fraction of sp³-hybridized carbons (Fsp3) is 0.636. The van der Waals surface area contributed by atoms with E-state index in [0.29, 0.717) is 0 Å². The lowest BCUT2D eigenvalue weighted by Gasteiger charge is -2.39. The number of halogens is 1. The highest BCUT2D eigenvalue weighted by Gasteiger charge is 2.30. The lowest BCUT2D eigenvalue weighted by Crippen LogP contribution is -2.58. The van der Waals surface area contributed by atoms with Crippen LogP contribution < -0.4 is 5.32 Å². The number of hydrogen-bond acceptors (Lipinski definition) is 4. The van der Waals surface area contributed by atoms with E-state index in [1.54, 1.807) is 5.51 Å². The molecule has 0 atom stereocenters. The molecule has 96 valence electrons. The first-order valence-corrected chi connectivity index (χ1v) is 6.32. The third kappa shape index (κ3) is 3.18. The molecule has 1 aromatic rings. The average molecular weight is 276 g/mol. The van der Waals surface area contributed by atoms with Gasteiger partial charge in [-0.2, -0.15) is 0 Å². The van der Waals surface area contributed by atoms with Crippen molar-refractivity contribution >= 4 is 29.7 Å². The normalized spacial score (nSPS) is 18.6. The first-order valence-electron chi connectivity index (χ1n) is 5.44. The molecule has 0 saturated carbocycles. The molecular weight excluding hydrogens is 258 g/mol. The third-order valence-electron chi connectivity index (χ3n) is 2.80. The lowest BCUT2D eigenvalue weighted by atomic mass is 10.0. The number of rotatable bonds is 1. The van der Waals surface area contributed by atoms with E-state index in [-0.39, 0.29) is 23.9 Å². The maximum Gasteiger partial charge on any atom is 0.265 e. The molecule has 1 aliphatic heterocycles. The van der Waals surface area contributed by atoms with E-state index in [0.717, 1.165) is 30.2 Å². The second-order valence-corrected chi connectivity index (χ2v) is 5.66. The molecule has 4 nitrogen and oxygen atoms in total. The molecule has 0 spiro atoms. The summed E-state index contributed by atoms with van der Waals surface area (Å²) >= 11 is 1.43. The maximum absolute atomic E-state index is 12.2. The summed E-state index contributed by atoms with van der Waals surface area (Å²) in [6.45, 7) is 8.51. The molecule has 0 radical (unpaired) electrons. The van der Waals surface area contributed by atoms with Crippen molar-refractivity contribution in [1.29, 1.82) is 0 Å². The van der Waals surface area contributed by atoms with Gasteiger partial charge in [-0.05, 0) is 20.8 Å². The Balaban J connectivity index is 0.00000144. The number of hydrogen-bond donors (Lipinski definition) is 1. The Morgan fingerprint density at radius 2 is 2.29 bits per heavy atom. The third-order valence-corrected chi connectivity index (χ3v) is 3.71. The Bertz CT molecular complexity index is 405. The Morgan fingerprint density at radius 1 is 1.59 bits per heavy atom. The number of carbonyl (C=O) groups is 1. The van der Waals surface area contributed by atoms with Crippen LogP contribution in [0.3, 0.4) is 0 Å². The molecule has 1 aromatic heterocycles. The predicted octanol–water partition coefficient (Wildman–Crippen LogP) is 1.70. The predicted molar refractivity (Wildman–Crippen MR) is 72.1 cm³/mol. The van der Waals surface area contributed by atoms with E-state index in [2.05, 4.69) is 24.1 Å². The second kappa shape index (κ2) is 5.33. The monoisotopic (exact) mass is 275 g/mol. The largest absolute Gasteiger partial charge is 0.335 e. The number of carbonyl (C=O) groups excluding carboxylic acids is 1. The lowest BCUT2D eigenvalue weighted by molar-refractivity contribution is 0.0656. The van der Waals surface area contributed by atoms with Crippen molar-refractivity contribution < 1.29 is 4.79 Å². The quantitative estimate of drug-likeness (QED) is 0.849. The van der Waals surface area contributed by atoms with Gasteiger partial charge in [0.15, 0.2) is 0 Å². The first-order chi connectivity index (χ1) is 7.49. The minimum Gasteiger partial charge on any atom is -0.335 e. The highest BCUT2D eigenvalue weighted by Crippen LogP contribution is 2.18. The summed E-state index contributed by atoms with van der Waals surface area (Å²) in [5.41, 5.74) is 2.58. The van der Waals surface area contributed by atoms with Gasteiger partial charge in [0, 0.05) is 25.2 Å². The van der Waals surface area contributed by atoms with Gasteiger partial charge in [0.1, 0.15) is 4.88 Å². The van der Waals surface area contributed by atoms with Crippen molar-refractivity contribution in [3.8, 4) is 0 Å². The highest BCUT2D eigenvalue weighted by atomic mass is 35.5. The van der Waals surface area contributed by atoms with Crippen LogP contribution in [0.1, 0.15) is 29.2 Å². The summed E-state index contributed by atoms with van der Waals surface area (Å²) in [7, 11) is 0. The standard InChI is InChI=1S/C11H17N3OS.ClH/c1-8-9(16-7-12-8)10(15)14-5-4-13-11(2,3)6-14;/h7,13H,4-6H2,1-3H3;1H. The zero-order valence-corrected chi connectivity index (χ0v) is 12.0. The van der Waals surface area contributed by atoms with Crippen LogP contribution in [0.4, 0.5) is 0 Å². The number of amides is 1. The molecule has 1 aliphatic rings. The Hall–Kier alpha value is -0.650.